The van der Waals surface area contributed by atoms with Crippen molar-refractivity contribution in [2.45, 2.75) is 20.3 Å². The van der Waals surface area contributed by atoms with Gasteiger partial charge in [-0.1, -0.05) is 6.07 Å². The predicted octanol–water partition coefficient (Wildman–Crippen LogP) is 1.31. The first kappa shape index (κ1) is 12.7. The van der Waals surface area contributed by atoms with Crippen molar-refractivity contribution in [3.05, 3.63) is 34.9 Å². The van der Waals surface area contributed by atoms with Gasteiger partial charge in [-0.25, -0.2) is 5.90 Å². The molecule has 3 N–H and O–H groups in total. The highest BCUT2D eigenvalue weighted by atomic mass is 16.6. The average molecular weight is 222 g/mol. The Hall–Kier alpha value is -1.39. The average Bonchev–Trinajstić information content (AvgIpc) is 2.28. The second-order valence-electron chi connectivity index (χ2n) is 3.78. The van der Waals surface area contributed by atoms with Crippen molar-refractivity contribution in [3.63, 3.8) is 0 Å². The van der Waals surface area contributed by atoms with Crippen LogP contribution in [0.5, 0.6) is 0 Å². The van der Waals surface area contributed by atoms with Crippen molar-refractivity contribution in [3.8, 4) is 0 Å². The molecule has 0 atom stereocenters. The number of hydrogen-bond acceptors (Lipinski definition) is 3. The number of rotatable bonds is 5. The van der Waals surface area contributed by atoms with E-state index in [2.05, 4.69) is 10.2 Å². The van der Waals surface area contributed by atoms with Crippen molar-refractivity contribution >= 4 is 5.91 Å². The minimum absolute atomic E-state index is 0.0554. The highest BCUT2D eigenvalue weighted by molar-refractivity contribution is 5.94. The van der Waals surface area contributed by atoms with Crippen molar-refractivity contribution in [1.29, 1.82) is 0 Å². The van der Waals surface area contributed by atoms with Crippen LogP contribution in [0.15, 0.2) is 18.2 Å². The van der Waals surface area contributed by atoms with E-state index < -0.39 is 0 Å². The number of nitrogens with two attached hydrogens (primary N) is 1. The summed E-state index contributed by atoms with van der Waals surface area (Å²) in [6.45, 7) is 5.04. The summed E-state index contributed by atoms with van der Waals surface area (Å²) in [6, 6.07) is 5.68. The normalized spacial score (nSPS) is 10.2. The molecule has 0 radical (unpaired) electrons. The van der Waals surface area contributed by atoms with E-state index >= 15 is 0 Å². The highest BCUT2D eigenvalue weighted by Gasteiger charge is 2.05. The molecule has 0 aromatic heterocycles. The van der Waals surface area contributed by atoms with E-state index in [9.17, 15) is 4.79 Å². The molecule has 0 bridgehead atoms. The number of aryl methyl sites for hydroxylation is 2. The van der Waals surface area contributed by atoms with Gasteiger partial charge in [-0.15, -0.1) is 0 Å². The second kappa shape index (κ2) is 6.25. The maximum atomic E-state index is 11.7. The molecule has 1 aromatic rings. The Bertz CT molecular complexity index is 364. The van der Waals surface area contributed by atoms with Gasteiger partial charge in [0, 0.05) is 12.1 Å². The van der Waals surface area contributed by atoms with E-state index in [4.69, 9.17) is 5.90 Å². The summed E-state index contributed by atoms with van der Waals surface area (Å²) in [5.74, 6) is 4.82. The lowest BCUT2D eigenvalue weighted by Gasteiger charge is -2.06. The zero-order chi connectivity index (χ0) is 12.0. The van der Waals surface area contributed by atoms with Crippen LogP contribution in [0, 0.1) is 13.8 Å². The van der Waals surface area contributed by atoms with E-state index in [1.54, 1.807) is 0 Å². The maximum absolute atomic E-state index is 11.7. The second-order valence-corrected chi connectivity index (χ2v) is 3.78. The van der Waals surface area contributed by atoms with Gasteiger partial charge in [-0.2, -0.15) is 0 Å². The van der Waals surface area contributed by atoms with Gasteiger partial charge in [0.25, 0.3) is 5.91 Å². The zero-order valence-electron chi connectivity index (χ0n) is 9.75. The third kappa shape index (κ3) is 3.64. The van der Waals surface area contributed by atoms with Crippen LogP contribution in [0.25, 0.3) is 0 Å². The Balaban J connectivity index is 2.50. The quantitative estimate of drug-likeness (QED) is 0.583. The van der Waals surface area contributed by atoms with Gasteiger partial charge in [0.2, 0.25) is 0 Å². The molecule has 0 saturated heterocycles. The molecule has 0 spiro atoms. The van der Waals surface area contributed by atoms with Crippen LogP contribution in [0.1, 0.15) is 27.9 Å². The van der Waals surface area contributed by atoms with Crippen LogP contribution in [0.2, 0.25) is 0 Å². The fourth-order valence-corrected chi connectivity index (χ4v) is 1.34. The molecule has 16 heavy (non-hydrogen) atoms. The zero-order valence-corrected chi connectivity index (χ0v) is 9.75. The molecule has 0 aliphatic carbocycles. The van der Waals surface area contributed by atoms with Gasteiger partial charge < -0.3 is 10.2 Å². The summed E-state index contributed by atoms with van der Waals surface area (Å²) < 4.78 is 0. The summed E-state index contributed by atoms with van der Waals surface area (Å²) in [5.41, 5.74) is 3.00. The number of nitrogens with one attached hydrogen (secondary N) is 1. The maximum Gasteiger partial charge on any atom is 0.251 e. The van der Waals surface area contributed by atoms with Crippen LogP contribution < -0.4 is 11.2 Å². The van der Waals surface area contributed by atoms with E-state index in [0.29, 0.717) is 25.1 Å². The largest absolute Gasteiger partial charge is 0.352 e. The van der Waals surface area contributed by atoms with Gasteiger partial charge in [0.1, 0.15) is 0 Å². The molecule has 88 valence electrons. The minimum atomic E-state index is -0.0554. The van der Waals surface area contributed by atoms with Crippen molar-refractivity contribution in [1.82, 2.24) is 5.32 Å². The lowest BCUT2D eigenvalue weighted by molar-refractivity contribution is 0.0941. The van der Waals surface area contributed by atoms with Crippen LogP contribution in [-0.4, -0.2) is 19.1 Å². The van der Waals surface area contributed by atoms with E-state index in [-0.39, 0.29) is 5.91 Å². The first-order valence-corrected chi connectivity index (χ1v) is 5.32. The van der Waals surface area contributed by atoms with Crippen LogP contribution in [-0.2, 0) is 4.84 Å². The third-order valence-corrected chi connectivity index (χ3v) is 2.49. The fourth-order valence-electron chi connectivity index (χ4n) is 1.34. The molecule has 0 aliphatic heterocycles. The van der Waals surface area contributed by atoms with Crippen molar-refractivity contribution in [2.75, 3.05) is 13.2 Å². The number of hydrogen-bond donors (Lipinski definition) is 2. The summed E-state index contributed by atoms with van der Waals surface area (Å²) >= 11 is 0. The third-order valence-electron chi connectivity index (χ3n) is 2.49. The van der Waals surface area contributed by atoms with Crippen LogP contribution in [0.3, 0.4) is 0 Å². The summed E-state index contributed by atoms with van der Waals surface area (Å²) in [7, 11) is 0. The van der Waals surface area contributed by atoms with Gasteiger partial charge in [-0.05, 0) is 43.5 Å². The molecule has 0 aliphatic rings. The topological polar surface area (TPSA) is 64.3 Å². The summed E-state index contributed by atoms with van der Waals surface area (Å²) in [4.78, 5) is 16.1. The number of carbonyl (C=O) groups excluding carboxylic acids is 1. The predicted molar refractivity (Wildman–Crippen MR) is 63.0 cm³/mol. The Morgan fingerprint density at radius 1 is 1.38 bits per heavy atom. The van der Waals surface area contributed by atoms with Gasteiger partial charge in [-0.3, -0.25) is 4.79 Å². The minimum Gasteiger partial charge on any atom is -0.352 e. The Morgan fingerprint density at radius 3 is 2.75 bits per heavy atom. The Labute approximate surface area is 95.7 Å². The lowest BCUT2D eigenvalue weighted by Crippen LogP contribution is -2.25. The van der Waals surface area contributed by atoms with Gasteiger partial charge in [0.15, 0.2) is 0 Å². The molecule has 0 heterocycles. The Morgan fingerprint density at radius 2 is 2.12 bits per heavy atom. The van der Waals surface area contributed by atoms with E-state index in [0.717, 1.165) is 5.56 Å². The Kier molecular flexibility index (Phi) is 4.95. The molecular weight excluding hydrogens is 204 g/mol. The van der Waals surface area contributed by atoms with E-state index in [1.165, 1.54) is 5.56 Å². The van der Waals surface area contributed by atoms with Crippen molar-refractivity contribution in [2.24, 2.45) is 5.90 Å². The molecule has 0 unspecified atom stereocenters. The monoisotopic (exact) mass is 222 g/mol. The molecular formula is C12H18N2O2. The molecule has 4 nitrogen and oxygen atoms in total. The number of benzene rings is 1. The molecule has 1 aromatic carbocycles. The molecule has 1 amide bonds. The summed E-state index contributed by atoms with van der Waals surface area (Å²) in [6.07, 6.45) is 0.715. The molecule has 4 heteroatoms. The first-order chi connectivity index (χ1) is 7.65. The standard InChI is InChI=1S/C12H18N2O2/c1-9-4-5-11(8-10(9)2)12(15)14-6-3-7-16-13/h4-5,8H,3,6-7,13H2,1-2H3,(H,14,15). The fraction of sp³-hybridized carbons (Fsp3) is 0.417. The summed E-state index contributed by atoms with van der Waals surface area (Å²) in [5, 5.41) is 2.81. The van der Waals surface area contributed by atoms with Crippen LogP contribution >= 0.6 is 0 Å². The number of carbonyl (C=O) groups is 1. The van der Waals surface area contributed by atoms with Crippen LogP contribution in [0.4, 0.5) is 0 Å². The smallest absolute Gasteiger partial charge is 0.251 e. The molecule has 1 rings (SSSR count). The molecule has 0 fully saturated rings. The van der Waals surface area contributed by atoms with Crippen molar-refractivity contribution < 1.29 is 9.63 Å². The number of amides is 1. The van der Waals surface area contributed by atoms with Gasteiger partial charge in [0.05, 0.1) is 6.61 Å². The van der Waals surface area contributed by atoms with E-state index in [1.807, 2.05) is 32.0 Å². The van der Waals surface area contributed by atoms with Gasteiger partial charge >= 0.3 is 0 Å². The highest BCUT2D eigenvalue weighted by Crippen LogP contribution is 2.09. The SMILES string of the molecule is Cc1ccc(C(=O)NCCCON)cc1C. The lowest BCUT2D eigenvalue weighted by atomic mass is 10.1. The molecule has 0 saturated carbocycles. The first-order valence-electron chi connectivity index (χ1n) is 5.32.